The van der Waals surface area contributed by atoms with Crippen LogP contribution < -0.4 is 10.8 Å². The SMILES string of the molecule is CC(C)(C)OC(=O)OC(=O)OC(C)(C)C.CC1(C)OB(B2OC(C)(C)C(C)(C)O2)OC1(C)C.CN(Cc1ccccc1B1OC(C)(C)C(C)(C)O1)C(=O)OC(C)(C)C.CN(Cc1ccccc1Br)C(=O)OC(C)(C)C.CNCc1ccccc1Br. The second kappa shape index (κ2) is 30.3. The first kappa shape index (κ1) is 76.9. The van der Waals surface area contributed by atoms with Crippen LogP contribution in [-0.2, 0) is 71.2 Å². The Morgan fingerprint density at radius 3 is 1.05 bits per heavy atom. The molecule has 18 nitrogen and oxygen atoms in total. The van der Waals surface area contributed by atoms with Gasteiger partial charge in [-0.25, -0.2) is 19.2 Å². The molecule has 2 amide bonds. The third kappa shape index (κ3) is 25.8. The minimum Gasteiger partial charge on any atom is -0.444 e. The number of nitrogens with one attached hydrogen (secondary N) is 1. The van der Waals surface area contributed by atoms with Crippen molar-refractivity contribution < 1.29 is 70.8 Å². The van der Waals surface area contributed by atoms with Gasteiger partial charge in [0.2, 0.25) is 0 Å². The maximum Gasteiger partial charge on any atom is 0.519 e. The Morgan fingerprint density at radius 1 is 0.447 bits per heavy atom. The minimum atomic E-state index is -1.06. The highest BCUT2D eigenvalue weighted by Gasteiger charge is 2.64. The summed E-state index contributed by atoms with van der Waals surface area (Å²) < 4.78 is 62.8. The predicted molar refractivity (Wildman–Crippen MR) is 344 cm³/mol. The number of rotatable bonds is 8. The lowest BCUT2D eigenvalue weighted by atomic mass is 9.49. The number of carbonyl (C=O) groups excluding carboxylic acids is 4. The van der Waals surface area contributed by atoms with Gasteiger partial charge in [-0.2, -0.15) is 0 Å². The maximum atomic E-state index is 12.2. The van der Waals surface area contributed by atoms with Gasteiger partial charge in [0.05, 0.1) is 33.6 Å². The second-order valence-electron chi connectivity index (χ2n) is 28.0. The number of benzene rings is 3. The van der Waals surface area contributed by atoms with E-state index in [-0.39, 0.29) is 34.6 Å². The quantitative estimate of drug-likeness (QED) is 0.0970. The zero-order valence-corrected chi connectivity index (χ0v) is 59.2. The van der Waals surface area contributed by atoms with E-state index in [2.05, 4.69) is 48.0 Å². The van der Waals surface area contributed by atoms with E-state index in [0.717, 1.165) is 27.6 Å². The molecule has 476 valence electrons. The van der Waals surface area contributed by atoms with Crippen LogP contribution in [0.5, 0.6) is 0 Å². The lowest BCUT2D eigenvalue weighted by Crippen LogP contribution is -2.41. The van der Waals surface area contributed by atoms with Gasteiger partial charge >= 0.3 is 45.6 Å². The van der Waals surface area contributed by atoms with Crippen LogP contribution in [0.2, 0.25) is 0 Å². The lowest BCUT2D eigenvalue weighted by molar-refractivity contribution is -0.0295. The summed E-state index contributed by atoms with van der Waals surface area (Å²) in [7, 11) is 4.00. The Bertz CT molecular complexity index is 2550. The Labute approximate surface area is 527 Å². The van der Waals surface area contributed by atoms with E-state index < -0.39 is 67.1 Å². The number of hydrogen-bond donors (Lipinski definition) is 1. The van der Waals surface area contributed by atoms with Gasteiger partial charge in [-0.1, -0.05) is 92.5 Å². The number of ether oxygens (including phenoxy) is 5. The Morgan fingerprint density at radius 2 is 0.729 bits per heavy atom. The number of nitrogens with zero attached hydrogens (tertiary/aromatic N) is 2. The fraction of sp³-hybridized carbons (Fsp3) is 0.645. The molecule has 23 heteroatoms. The van der Waals surface area contributed by atoms with Crippen molar-refractivity contribution in [3.8, 4) is 0 Å². The molecule has 3 aliphatic rings. The van der Waals surface area contributed by atoms with E-state index in [4.69, 9.17) is 46.9 Å². The van der Waals surface area contributed by atoms with Crippen LogP contribution in [0, 0.1) is 0 Å². The predicted octanol–water partition coefficient (Wildman–Crippen LogP) is 14.5. The molecular formula is C62H100B3Br2N3O15. The zero-order valence-electron chi connectivity index (χ0n) is 56.1. The van der Waals surface area contributed by atoms with Crippen LogP contribution in [-0.4, -0.2) is 133 Å². The normalized spacial score (nSPS) is 17.8. The summed E-state index contributed by atoms with van der Waals surface area (Å²) in [5, 5.41) is 3.09. The van der Waals surface area contributed by atoms with Gasteiger partial charge in [-0.05, 0) is 208 Å². The molecule has 0 bridgehead atoms. The summed E-state index contributed by atoms with van der Waals surface area (Å²) in [4.78, 5) is 49.2. The first-order valence-electron chi connectivity index (χ1n) is 28.6. The lowest BCUT2D eigenvalue weighted by Gasteiger charge is -2.32. The molecule has 0 unspecified atom stereocenters. The molecule has 0 spiro atoms. The molecule has 0 saturated carbocycles. The summed E-state index contributed by atoms with van der Waals surface area (Å²) in [5.41, 5.74) is -0.334. The van der Waals surface area contributed by atoms with Crippen LogP contribution >= 0.6 is 31.9 Å². The molecule has 1 N–H and O–H groups in total. The van der Waals surface area contributed by atoms with Crippen molar-refractivity contribution in [3.63, 3.8) is 0 Å². The van der Waals surface area contributed by atoms with Gasteiger partial charge in [-0.3, -0.25) is 0 Å². The van der Waals surface area contributed by atoms with Crippen LogP contribution in [0.15, 0.2) is 81.7 Å². The average Bonchev–Trinajstić information content (AvgIpc) is 3.80. The molecule has 3 aromatic rings. The fourth-order valence-electron chi connectivity index (χ4n) is 7.27. The summed E-state index contributed by atoms with van der Waals surface area (Å²) >= 11 is 6.91. The third-order valence-electron chi connectivity index (χ3n) is 13.8. The number of amides is 2. The van der Waals surface area contributed by atoms with Crippen molar-refractivity contribution >= 4 is 83.0 Å². The van der Waals surface area contributed by atoms with Crippen LogP contribution in [0.3, 0.4) is 0 Å². The van der Waals surface area contributed by atoms with Gasteiger partial charge in [0.25, 0.3) is 0 Å². The third-order valence-corrected chi connectivity index (χ3v) is 15.3. The van der Waals surface area contributed by atoms with E-state index in [0.29, 0.717) is 13.1 Å². The van der Waals surface area contributed by atoms with Crippen molar-refractivity contribution in [2.45, 2.75) is 242 Å². The minimum absolute atomic E-state index is 0.312. The van der Waals surface area contributed by atoms with Crippen molar-refractivity contribution in [1.29, 1.82) is 0 Å². The smallest absolute Gasteiger partial charge is 0.444 e. The summed E-state index contributed by atoms with van der Waals surface area (Å²) in [6.07, 6.45) is -2.78. The summed E-state index contributed by atoms with van der Waals surface area (Å²) in [5.74, 6) is 0. The molecular weight excluding hydrogens is 1220 g/mol. The molecule has 85 heavy (non-hydrogen) atoms. The van der Waals surface area contributed by atoms with Gasteiger partial charge in [-0.15, -0.1) is 0 Å². The largest absolute Gasteiger partial charge is 0.519 e. The monoisotopic (exact) mass is 1320 g/mol. The maximum absolute atomic E-state index is 12.2. The van der Waals surface area contributed by atoms with E-state index in [1.807, 2.05) is 198 Å². The second-order valence-corrected chi connectivity index (χ2v) is 29.7. The molecule has 0 aromatic heterocycles. The number of halogens is 2. The number of hydrogen-bond acceptors (Lipinski definition) is 16. The van der Waals surface area contributed by atoms with E-state index in [1.54, 1.807) is 65.4 Å². The fourth-order valence-corrected chi connectivity index (χ4v) is 8.10. The molecule has 3 aliphatic heterocycles. The van der Waals surface area contributed by atoms with Crippen molar-refractivity contribution in [1.82, 2.24) is 15.1 Å². The molecule has 0 atom stereocenters. The average molecular weight is 1320 g/mol. The van der Waals surface area contributed by atoms with Gasteiger partial charge in [0.1, 0.15) is 22.4 Å². The topological polar surface area (TPSA) is 188 Å². The highest BCUT2D eigenvalue weighted by molar-refractivity contribution is 9.10. The molecule has 0 radical (unpaired) electrons. The molecule has 0 aliphatic carbocycles. The molecule has 3 aromatic carbocycles. The van der Waals surface area contributed by atoms with Crippen molar-refractivity contribution in [3.05, 3.63) is 98.4 Å². The highest BCUT2D eigenvalue weighted by atomic mass is 79.9. The van der Waals surface area contributed by atoms with E-state index in [9.17, 15) is 19.2 Å². The van der Waals surface area contributed by atoms with Gasteiger partial charge < -0.3 is 66.7 Å². The Kier molecular flexibility index (Phi) is 27.5. The van der Waals surface area contributed by atoms with Crippen molar-refractivity contribution in [2.24, 2.45) is 0 Å². The molecule has 3 fully saturated rings. The van der Waals surface area contributed by atoms with Gasteiger partial charge in [0.15, 0.2) is 0 Å². The number of carbonyl (C=O) groups is 4. The van der Waals surface area contributed by atoms with Crippen LogP contribution in [0.25, 0.3) is 0 Å². The molecule has 3 saturated heterocycles. The first-order chi connectivity index (χ1) is 38.3. The Hall–Kier alpha value is -4.19. The Balaban J connectivity index is 0.000000373. The molecule has 6 rings (SSSR count). The van der Waals surface area contributed by atoms with E-state index in [1.165, 1.54) is 10.0 Å². The van der Waals surface area contributed by atoms with E-state index >= 15 is 0 Å². The van der Waals surface area contributed by atoms with Crippen LogP contribution in [0.4, 0.5) is 19.2 Å². The molecule has 3 heterocycles. The zero-order chi connectivity index (χ0) is 65.8. The standard InChI is InChI=1S/C19H30BNO4.C13H18BrNO2.C12H24B2O4.C10H18O5.C8H10BrN/c1-17(2,3)23-16(22)21(8)13-14-11-9-10-12-15(14)20-24-18(4,5)19(6,7)25-20;1-13(2,3)17-12(16)15(4)9-10-7-5-6-8-11(10)14;1-9(2)10(3,4)16-13(15-9)14-17-11(5,6)12(7,8)18-14;1-9(2,3)14-7(11)13-8(12)15-10(4,5)6;1-10-6-7-4-2-3-5-8(7)9/h9-12H,13H2,1-8H3;5-8H,9H2,1-4H3;1-8H3;1-6H3;2-5,10H,6H2,1H3. The summed E-state index contributed by atoms with van der Waals surface area (Å²) in [6, 6.07) is 23.9. The van der Waals surface area contributed by atoms with Crippen molar-refractivity contribution in [2.75, 3.05) is 21.1 Å². The van der Waals surface area contributed by atoms with Crippen LogP contribution in [0.1, 0.15) is 183 Å². The summed E-state index contributed by atoms with van der Waals surface area (Å²) in [6.45, 7) is 47.4. The highest BCUT2D eigenvalue weighted by Crippen LogP contribution is 2.43. The van der Waals surface area contributed by atoms with Gasteiger partial charge in [0, 0.05) is 42.7 Å². The first-order valence-corrected chi connectivity index (χ1v) is 30.2.